The number of imidazole rings is 1. The molecule has 0 aliphatic heterocycles. The molecule has 1 N–H and O–H groups in total. The van der Waals surface area contributed by atoms with Gasteiger partial charge in [-0.15, -0.1) is 10.2 Å². The summed E-state index contributed by atoms with van der Waals surface area (Å²) in [5.74, 6) is 1.07. The average molecular weight is 425 g/mol. The molecule has 8 nitrogen and oxygen atoms in total. The third-order valence-electron chi connectivity index (χ3n) is 4.68. The molecule has 4 rings (SSSR count). The van der Waals surface area contributed by atoms with Gasteiger partial charge in [-0.25, -0.2) is 9.50 Å². The van der Waals surface area contributed by atoms with Gasteiger partial charge in [-0.05, 0) is 31.7 Å². The largest absolute Gasteiger partial charge is 0.425 e. The van der Waals surface area contributed by atoms with Crippen molar-refractivity contribution in [2.24, 2.45) is 0 Å². The van der Waals surface area contributed by atoms with Gasteiger partial charge in [0.15, 0.2) is 0 Å². The molecule has 0 radical (unpaired) electrons. The number of hydrogen-bond donors (Lipinski definition) is 1. The zero-order valence-corrected chi connectivity index (χ0v) is 17.7. The van der Waals surface area contributed by atoms with E-state index in [9.17, 15) is 4.79 Å². The number of benzene rings is 1. The Hall–Kier alpha value is -3.07. The lowest BCUT2D eigenvalue weighted by atomic mass is 10.1. The van der Waals surface area contributed by atoms with Crippen LogP contribution in [0.5, 0.6) is 0 Å². The molecule has 1 aromatic carbocycles. The zero-order chi connectivity index (χ0) is 20.8. The first kappa shape index (κ1) is 20.2. The van der Waals surface area contributed by atoms with Crippen molar-refractivity contribution in [3.8, 4) is 0 Å². The molecular formula is C21H24N6O2S. The van der Waals surface area contributed by atoms with Crippen LogP contribution >= 0.6 is 11.3 Å². The van der Waals surface area contributed by atoms with E-state index >= 15 is 0 Å². The molecule has 0 fully saturated rings. The molecule has 0 bridgehead atoms. The zero-order valence-electron chi connectivity index (χ0n) is 16.9. The van der Waals surface area contributed by atoms with Crippen molar-refractivity contribution in [3.05, 3.63) is 64.6 Å². The molecule has 4 aromatic rings. The number of hydrogen-bond acceptors (Lipinski definition) is 7. The second-order valence-electron chi connectivity index (χ2n) is 7.14. The quantitative estimate of drug-likeness (QED) is 0.392. The van der Waals surface area contributed by atoms with Gasteiger partial charge in [0, 0.05) is 19.3 Å². The molecule has 30 heavy (non-hydrogen) atoms. The molecule has 0 aliphatic carbocycles. The highest BCUT2D eigenvalue weighted by atomic mass is 32.1. The van der Waals surface area contributed by atoms with Crippen molar-refractivity contribution < 1.29 is 9.21 Å². The summed E-state index contributed by atoms with van der Waals surface area (Å²) in [6.45, 7) is 2.32. The Balaban J connectivity index is 1.14. The highest BCUT2D eigenvalue weighted by molar-refractivity contribution is 7.16. The van der Waals surface area contributed by atoms with E-state index in [2.05, 4.69) is 49.9 Å². The summed E-state index contributed by atoms with van der Waals surface area (Å²) in [6.07, 6.45) is 6.44. The number of nitrogens with one attached hydrogen (secondary N) is 1. The van der Waals surface area contributed by atoms with E-state index in [1.807, 2.05) is 19.2 Å². The summed E-state index contributed by atoms with van der Waals surface area (Å²) >= 11 is 1.52. The molecule has 0 atom stereocenters. The number of rotatable bonds is 10. The third-order valence-corrected chi connectivity index (χ3v) is 5.52. The van der Waals surface area contributed by atoms with Crippen LogP contribution in [0.3, 0.4) is 0 Å². The second-order valence-corrected chi connectivity index (χ2v) is 8.30. The van der Waals surface area contributed by atoms with Crippen molar-refractivity contribution in [1.29, 1.82) is 0 Å². The van der Waals surface area contributed by atoms with Gasteiger partial charge in [-0.2, -0.15) is 5.10 Å². The molecule has 0 unspecified atom stereocenters. The van der Waals surface area contributed by atoms with Crippen LogP contribution in [0.15, 0.2) is 40.9 Å². The van der Waals surface area contributed by atoms with E-state index in [0.29, 0.717) is 31.2 Å². The van der Waals surface area contributed by atoms with E-state index in [1.165, 1.54) is 16.9 Å². The van der Waals surface area contributed by atoms with Gasteiger partial charge in [0.1, 0.15) is 5.01 Å². The van der Waals surface area contributed by atoms with Gasteiger partial charge in [-0.3, -0.25) is 4.79 Å². The minimum atomic E-state index is -0.0712. The third kappa shape index (κ3) is 5.50. The van der Waals surface area contributed by atoms with E-state index < -0.39 is 0 Å². The van der Waals surface area contributed by atoms with Crippen LogP contribution in [0.1, 0.15) is 47.3 Å². The Morgan fingerprint density at radius 2 is 1.87 bits per heavy atom. The molecule has 0 spiro atoms. The Morgan fingerprint density at radius 3 is 2.67 bits per heavy atom. The Kier molecular flexibility index (Phi) is 6.48. The van der Waals surface area contributed by atoms with Crippen molar-refractivity contribution in [2.75, 3.05) is 0 Å². The van der Waals surface area contributed by atoms with Crippen LogP contribution in [-0.4, -0.2) is 30.7 Å². The molecule has 0 saturated heterocycles. The summed E-state index contributed by atoms with van der Waals surface area (Å²) in [6, 6.07) is 10.4. The molecule has 0 saturated carbocycles. The molecule has 156 valence electrons. The van der Waals surface area contributed by atoms with Crippen LogP contribution in [0.25, 0.3) is 4.96 Å². The second kappa shape index (κ2) is 9.62. The fourth-order valence-electron chi connectivity index (χ4n) is 3.17. The monoisotopic (exact) mass is 424 g/mol. The molecular weight excluding hydrogens is 400 g/mol. The smallest absolute Gasteiger partial charge is 0.220 e. The van der Waals surface area contributed by atoms with Gasteiger partial charge in [0.25, 0.3) is 0 Å². The Morgan fingerprint density at radius 1 is 1.10 bits per heavy atom. The van der Waals surface area contributed by atoms with Gasteiger partial charge in [-0.1, -0.05) is 41.7 Å². The van der Waals surface area contributed by atoms with Crippen LogP contribution < -0.4 is 5.32 Å². The Bertz CT molecular complexity index is 1070. The summed E-state index contributed by atoms with van der Waals surface area (Å²) in [7, 11) is 0. The molecule has 1 amide bonds. The predicted octanol–water partition coefficient (Wildman–Crippen LogP) is 3.30. The number of carbonyl (C=O) groups is 1. The van der Waals surface area contributed by atoms with Crippen LogP contribution in [-0.2, 0) is 30.6 Å². The number of aromatic nitrogens is 5. The van der Waals surface area contributed by atoms with E-state index in [-0.39, 0.29) is 5.91 Å². The Labute approximate surface area is 178 Å². The number of nitrogens with zero attached hydrogens (tertiary/aromatic N) is 5. The van der Waals surface area contributed by atoms with Gasteiger partial charge in [0.2, 0.25) is 22.6 Å². The maximum atomic E-state index is 12.1. The fourth-order valence-corrected chi connectivity index (χ4v) is 3.91. The fraction of sp³-hybridized carbons (Fsp3) is 0.381. The highest BCUT2D eigenvalue weighted by Gasteiger charge is 2.11. The summed E-state index contributed by atoms with van der Waals surface area (Å²) in [5, 5.41) is 16.3. The van der Waals surface area contributed by atoms with Crippen molar-refractivity contribution in [1.82, 2.24) is 30.1 Å². The average Bonchev–Trinajstić information content (AvgIpc) is 3.43. The van der Waals surface area contributed by atoms with Crippen molar-refractivity contribution in [2.45, 2.75) is 52.0 Å². The number of carbonyl (C=O) groups excluding carboxylic acids is 1. The lowest BCUT2D eigenvalue weighted by molar-refractivity contribution is -0.121. The highest BCUT2D eigenvalue weighted by Crippen LogP contribution is 2.13. The van der Waals surface area contributed by atoms with Gasteiger partial charge in [0.05, 0.1) is 18.4 Å². The summed E-state index contributed by atoms with van der Waals surface area (Å²) in [5.41, 5.74) is 2.13. The lowest BCUT2D eigenvalue weighted by Gasteiger charge is -2.01. The van der Waals surface area contributed by atoms with Crippen molar-refractivity contribution >= 4 is 22.2 Å². The predicted molar refractivity (Wildman–Crippen MR) is 113 cm³/mol. The lowest BCUT2D eigenvalue weighted by Crippen LogP contribution is -2.23. The number of fused-ring (bicyclic) bond motifs is 1. The normalized spacial score (nSPS) is 11.2. The van der Waals surface area contributed by atoms with Gasteiger partial charge >= 0.3 is 0 Å². The summed E-state index contributed by atoms with van der Waals surface area (Å²) < 4.78 is 7.40. The first-order valence-electron chi connectivity index (χ1n) is 10.1. The van der Waals surface area contributed by atoms with Crippen LogP contribution in [0, 0.1) is 6.92 Å². The molecule has 9 heteroatoms. The number of aryl methyl sites for hydroxylation is 4. The minimum Gasteiger partial charge on any atom is -0.425 e. The first-order valence-corrected chi connectivity index (χ1v) is 10.9. The SMILES string of the molecule is Cc1nn2cc(CNC(=O)CCc3nnc(CCCCc4ccccc4)o3)nc2s1. The van der Waals surface area contributed by atoms with E-state index in [0.717, 1.165) is 41.3 Å². The molecule has 3 heterocycles. The van der Waals surface area contributed by atoms with Crippen molar-refractivity contribution in [3.63, 3.8) is 0 Å². The standard InChI is InChI=1S/C21H24N6O2S/c1-15-26-27-14-17(23-21(27)30-15)13-22-18(28)11-12-20-25-24-19(29-20)10-6-5-9-16-7-3-2-4-8-16/h2-4,7-8,14H,5-6,9-13H2,1H3,(H,22,28). The first-order chi connectivity index (χ1) is 14.7. The maximum absolute atomic E-state index is 12.1. The number of unbranched alkanes of at least 4 members (excludes halogenated alkanes) is 1. The van der Waals surface area contributed by atoms with Crippen LogP contribution in [0.2, 0.25) is 0 Å². The molecule has 3 aromatic heterocycles. The van der Waals surface area contributed by atoms with Gasteiger partial charge < -0.3 is 9.73 Å². The van der Waals surface area contributed by atoms with E-state index in [4.69, 9.17) is 4.42 Å². The molecule has 0 aliphatic rings. The maximum Gasteiger partial charge on any atom is 0.220 e. The number of amides is 1. The minimum absolute atomic E-state index is 0.0712. The summed E-state index contributed by atoms with van der Waals surface area (Å²) in [4.78, 5) is 17.4. The topological polar surface area (TPSA) is 98.2 Å². The van der Waals surface area contributed by atoms with Crippen LogP contribution in [0.4, 0.5) is 0 Å². The van der Waals surface area contributed by atoms with E-state index in [1.54, 1.807) is 4.52 Å².